The number of anilines is 1. The molecule has 0 aliphatic carbocycles. The molecule has 118 valence electrons. The van der Waals surface area contributed by atoms with Gasteiger partial charge in [-0.25, -0.2) is 4.39 Å². The highest BCUT2D eigenvalue weighted by Gasteiger charge is 2.11. The Balaban J connectivity index is 2.21. The van der Waals surface area contributed by atoms with Crippen molar-refractivity contribution < 1.29 is 17.4 Å². The first kappa shape index (κ1) is 16.5. The zero-order chi connectivity index (χ0) is 16.3. The van der Waals surface area contributed by atoms with Gasteiger partial charge in [0.15, 0.2) is 0 Å². The molecular weight excluding hydrogens is 305 g/mol. The van der Waals surface area contributed by atoms with Gasteiger partial charge in [0, 0.05) is 18.8 Å². The fraction of sp³-hybridized carbons (Fsp3) is 0.250. The van der Waals surface area contributed by atoms with E-state index in [1.165, 1.54) is 18.2 Å². The van der Waals surface area contributed by atoms with Crippen LogP contribution in [0.15, 0.2) is 47.4 Å². The maximum Gasteiger partial charge on any atom is 0.294 e. The minimum atomic E-state index is -4.17. The van der Waals surface area contributed by atoms with Crippen LogP contribution in [0.2, 0.25) is 0 Å². The molecule has 4 nitrogen and oxygen atoms in total. The third kappa shape index (κ3) is 3.84. The average Bonchev–Trinajstić information content (AvgIpc) is 2.47. The molecule has 0 radical (unpaired) electrons. The third-order valence-electron chi connectivity index (χ3n) is 3.48. The normalized spacial score (nSPS) is 11.5. The molecule has 0 saturated heterocycles. The average molecular weight is 323 g/mol. The van der Waals surface area contributed by atoms with Crippen molar-refractivity contribution in [2.24, 2.45) is 0 Å². The van der Waals surface area contributed by atoms with E-state index in [2.05, 4.69) is 4.90 Å². The molecule has 0 spiro atoms. The van der Waals surface area contributed by atoms with E-state index < -0.39 is 10.1 Å². The monoisotopic (exact) mass is 323 g/mol. The quantitative estimate of drug-likeness (QED) is 0.857. The Bertz CT molecular complexity index is 757. The topological polar surface area (TPSA) is 57.6 Å². The van der Waals surface area contributed by atoms with E-state index >= 15 is 0 Å². The highest BCUT2D eigenvalue weighted by molar-refractivity contribution is 7.85. The van der Waals surface area contributed by atoms with Crippen molar-refractivity contribution in [1.82, 2.24) is 0 Å². The third-order valence-corrected chi connectivity index (χ3v) is 4.35. The van der Waals surface area contributed by atoms with Gasteiger partial charge >= 0.3 is 0 Å². The van der Waals surface area contributed by atoms with Gasteiger partial charge < -0.3 is 4.90 Å². The van der Waals surface area contributed by atoms with Crippen molar-refractivity contribution in [2.45, 2.75) is 25.3 Å². The van der Waals surface area contributed by atoms with Crippen molar-refractivity contribution in [3.05, 3.63) is 59.4 Å². The second-order valence-electron chi connectivity index (χ2n) is 5.07. The van der Waals surface area contributed by atoms with Gasteiger partial charge in [-0.15, -0.1) is 0 Å². The predicted octanol–water partition coefficient (Wildman–Crippen LogP) is 3.41. The molecule has 0 aliphatic rings. The molecule has 0 atom stereocenters. The molecule has 22 heavy (non-hydrogen) atoms. The molecule has 1 N–H and O–H groups in total. The van der Waals surface area contributed by atoms with Crippen LogP contribution in [0.4, 0.5) is 10.1 Å². The number of hydrogen-bond acceptors (Lipinski definition) is 3. The second-order valence-corrected chi connectivity index (χ2v) is 6.49. The van der Waals surface area contributed by atoms with E-state index in [4.69, 9.17) is 4.55 Å². The van der Waals surface area contributed by atoms with Crippen LogP contribution in [-0.2, 0) is 16.7 Å². The molecule has 0 saturated carbocycles. The number of benzene rings is 2. The van der Waals surface area contributed by atoms with Gasteiger partial charge in [0.05, 0.1) is 4.90 Å². The summed E-state index contributed by atoms with van der Waals surface area (Å²) in [6.45, 7) is 5.00. The van der Waals surface area contributed by atoms with Gasteiger partial charge in [0.25, 0.3) is 10.1 Å². The number of aryl methyl sites for hydroxylation is 1. The fourth-order valence-corrected chi connectivity index (χ4v) is 2.68. The molecule has 0 amide bonds. The molecule has 0 aliphatic heterocycles. The van der Waals surface area contributed by atoms with Gasteiger partial charge in [-0.3, -0.25) is 4.55 Å². The van der Waals surface area contributed by atoms with Gasteiger partial charge in [-0.1, -0.05) is 12.1 Å². The maximum absolute atomic E-state index is 13.4. The molecule has 2 aromatic carbocycles. The van der Waals surface area contributed by atoms with E-state index in [1.807, 2.05) is 6.92 Å². The Morgan fingerprint density at radius 2 is 1.77 bits per heavy atom. The number of halogens is 1. The van der Waals surface area contributed by atoms with Crippen LogP contribution in [-0.4, -0.2) is 19.5 Å². The molecule has 2 aromatic rings. The molecule has 6 heteroatoms. The smallest absolute Gasteiger partial charge is 0.294 e. The van der Waals surface area contributed by atoms with E-state index in [1.54, 1.807) is 31.2 Å². The molecule has 0 bridgehead atoms. The summed E-state index contributed by atoms with van der Waals surface area (Å²) in [7, 11) is -4.17. The van der Waals surface area contributed by atoms with Crippen molar-refractivity contribution >= 4 is 15.8 Å². The fourth-order valence-electron chi connectivity index (χ4n) is 2.20. The van der Waals surface area contributed by atoms with E-state index in [9.17, 15) is 12.8 Å². The maximum atomic E-state index is 13.4. The van der Waals surface area contributed by atoms with Gasteiger partial charge in [0.2, 0.25) is 0 Å². The molecule has 0 aromatic heterocycles. The molecule has 0 heterocycles. The van der Waals surface area contributed by atoms with Crippen LogP contribution in [0.5, 0.6) is 0 Å². The van der Waals surface area contributed by atoms with Gasteiger partial charge in [0.1, 0.15) is 5.82 Å². The lowest BCUT2D eigenvalue weighted by atomic mass is 10.1. The first-order valence-electron chi connectivity index (χ1n) is 6.89. The number of hydrogen-bond donors (Lipinski definition) is 1. The SMILES string of the molecule is CCN(Cc1ccc(S(=O)(=O)O)cc1)c1ccc(F)c(C)c1. The summed E-state index contributed by atoms with van der Waals surface area (Å²) in [6, 6.07) is 11.0. The summed E-state index contributed by atoms with van der Waals surface area (Å²) in [5.41, 5.74) is 2.38. The van der Waals surface area contributed by atoms with Crippen LogP contribution < -0.4 is 4.90 Å². The summed E-state index contributed by atoms with van der Waals surface area (Å²) in [5, 5.41) is 0. The van der Waals surface area contributed by atoms with Crippen LogP contribution in [0, 0.1) is 12.7 Å². The largest absolute Gasteiger partial charge is 0.367 e. The lowest BCUT2D eigenvalue weighted by Crippen LogP contribution is -2.22. The Labute approximate surface area is 130 Å². The Hall–Kier alpha value is -1.92. The summed E-state index contributed by atoms with van der Waals surface area (Å²) < 4.78 is 44.4. The van der Waals surface area contributed by atoms with Crippen LogP contribution in [0.1, 0.15) is 18.1 Å². The van der Waals surface area contributed by atoms with Gasteiger partial charge in [-0.2, -0.15) is 8.42 Å². The number of rotatable bonds is 5. The Morgan fingerprint density at radius 1 is 1.14 bits per heavy atom. The lowest BCUT2D eigenvalue weighted by Gasteiger charge is -2.24. The molecular formula is C16H18FNO3S. The summed E-state index contributed by atoms with van der Waals surface area (Å²) in [6.07, 6.45) is 0. The highest BCUT2D eigenvalue weighted by atomic mass is 32.2. The van der Waals surface area contributed by atoms with Crippen molar-refractivity contribution in [3.63, 3.8) is 0 Å². The minimum Gasteiger partial charge on any atom is -0.367 e. The van der Waals surface area contributed by atoms with Crippen molar-refractivity contribution in [1.29, 1.82) is 0 Å². The number of nitrogens with zero attached hydrogens (tertiary/aromatic N) is 1. The first-order valence-corrected chi connectivity index (χ1v) is 8.33. The minimum absolute atomic E-state index is 0.128. The Morgan fingerprint density at radius 3 is 2.27 bits per heavy atom. The van der Waals surface area contributed by atoms with Gasteiger partial charge in [-0.05, 0) is 55.3 Å². The molecule has 2 rings (SSSR count). The lowest BCUT2D eigenvalue weighted by molar-refractivity contribution is 0.483. The Kier molecular flexibility index (Phi) is 4.83. The van der Waals surface area contributed by atoms with Crippen molar-refractivity contribution in [2.75, 3.05) is 11.4 Å². The summed E-state index contributed by atoms with van der Waals surface area (Å²) >= 11 is 0. The zero-order valence-corrected chi connectivity index (χ0v) is 13.3. The molecule has 0 fully saturated rings. The highest BCUT2D eigenvalue weighted by Crippen LogP contribution is 2.21. The standard InChI is InChI=1S/C16H18FNO3S/c1-3-18(14-6-9-16(17)12(2)10-14)11-13-4-7-15(8-5-13)22(19,20)21/h4-10H,3,11H2,1-2H3,(H,19,20,21). The zero-order valence-electron chi connectivity index (χ0n) is 12.5. The van der Waals surface area contributed by atoms with E-state index in [-0.39, 0.29) is 10.7 Å². The summed E-state index contributed by atoms with van der Waals surface area (Å²) in [5.74, 6) is -0.239. The first-order chi connectivity index (χ1) is 10.3. The molecule has 0 unspecified atom stereocenters. The predicted molar refractivity (Wildman–Crippen MR) is 84.1 cm³/mol. The second kappa shape index (κ2) is 6.46. The van der Waals surface area contributed by atoms with E-state index in [0.29, 0.717) is 12.1 Å². The summed E-state index contributed by atoms with van der Waals surface area (Å²) in [4.78, 5) is 1.92. The van der Waals surface area contributed by atoms with Crippen LogP contribution >= 0.6 is 0 Å². The van der Waals surface area contributed by atoms with Crippen LogP contribution in [0.25, 0.3) is 0 Å². The van der Waals surface area contributed by atoms with Crippen LogP contribution in [0.3, 0.4) is 0 Å². The van der Waals surface area contributed by atoms with E-state index in [0.717, 1.165) is 17.8 Å². The van der Waals surface area contributed by atoms with Crippen molar-refractivity contribution in [3.8, 4) is 0 Å².